The largest absolute Gasteiger partial charge is 0.496 e. The van der Waals surface area contributed by atoms with Gasteiger partial charge < -0.3 is 4.74 Å². The first-order valence-electron chi connectivity index (χ1n) is 5.96. The summed E-state index contributed by atoms with van der Waals surface area (Å²) in [5, 5.41) is 4.03. The topological polar surface area (TPSA) is 44.1 Å². The molecule has 0 atom stereocenters. The van der Waals surface area contributed by atoms with Crippen LogP contribution in [0.5, 0.6) is 5.75 Å². The Morgan fingerprint density at radius 1 is 1.33 bits per heavy atom. The number of nitrogens with zero attached hydrogens (tertiary/aromatic N) is 2. The molecule has 1 fully saturated rings. The average Bonchev–Trinajstić information content (AvgIpc) is 3.04. The predicted octanol–water partition coefficient (Wildman–Crippen LogP) is 2.26. The monoisotopic (exact) mass is 242 g/mol. The maximum atomic E-state index is 12.5. The molecule has 3 rings (SSSR count). The summed E-state index contributed by atoms with van der Waals surface area (Å²) in [5.41, 5.74) is 0.520. The van der Waals surface area contributed by atoms with Crippen LogP contribution >= 0.6 is 0 Å². The molecule has 18 heavy (non-hydrogen) atoms. The van der Waals surface area contributed by atoms with Gasteiger partial charge in [-0.1, -0.05) is 18.2 Å². The lowest BCUT2D eigenvalue weighted by Crippen LogP contribution is -2.27. The highest BCUT2D eigenvalue weighted by molar-refractivity contribution is 5.93. The number of hydrogen-bond donors (Lipinski definition) is 0. The standard InChI is InChI=1S/C14H14N2O2/c1-18-12-6-3-2-5-11(12)14(7-8-14)13(17)16-10-4-9-15-16/h2-6,9-10H,7-8H2,1H3. The third-order valence-corrected chi connectivity index (χ3v) is 3.49. The van der Waals surface area contributed by atoms with Crippen molar-refractivity contribution in [2.24, 2.45) is 0 Å². The van der Waals surface area contributed by atoms with Crippen LogP contribution in [0.1, 0.15) is 23.2 Å². The van der Waals surface area contributed by atoms with Crippen LogP contribution in [-0.2, 0) is 5.41 Å². The van der Waals surface area contributed by atoms with E-state index in [9.17, 15) is 4.79 Å². The summed E-state index contributed by atoms with van der Waals surface area (Å²) in [4.78, 5) is 12.5. The molecule has 4 nitrogen and oxygen atoms in total. The minimum Gasteiger partial charge on any atom is -0.496 e. The van der Waals surface area contributed by atoms with Gasteiger partial charge in [-0.25, -0.2) is 4.68 Å². The van der Waals surface area contributed by atoms with Crippen molar-refractivity contribution in [3.8, 4) is 5.75 Å². The lowest BCUT2D eigenvalue weighted by molar-refractivity contribution is 0.0844. The van der Waals surface area contributed by atoms with E-state index in [2.05, 4.69) is 5.10 Å². The molecule has 0 radical (unpaired) electrons. The van der Waals surface area contributed by atoms with Gasteiger partial charge in [0.15, 0.2) is 0 Å². The first-order valence-corrected chi connectivity index (χ1v) is 5.96. The fourth-order valence-electron chi connectivity index (χ4n) is 2.37. The normalized spacial score (nSPS) is 16.3. The zero-order valence-corrected chi connectivity index (χ0v) is 10.2. The van der Waals surface area contributed by atoms with E-state index in [0.29, 0.717) is 0 Å². The molecule has 0 amide bonds. The van der Waals surface area contributed by atoms with Crippen molar-refractivity contribution in [1.82, 2.24) is 9.78 Å². The minimum atomic E-state index is -0.446. The van der Waals surface area contributed by atoms with E-state index in [1.54, 1.807) is 25.6 Å². The molecule has 0 bridgehead atoms. The van der Waals surface area contributed by atoms with E-state index in [1.807, 2.05) is 24.3 Å². The number of hydrogen-bond acceptors (Lipinski definition) is 3. The smallest absolute Gasteiger partial charge is 0.257 e. The number of ether oxygens (including phenoxy) is 1. The van der Waals surface area contributed by atoms with Crippen LogP contribution in [0, 0.1) is 0 Å². The molecule has 4 heteroatoms. The molecule has 1 saturated carbocycles. The fraction of sp³-hybridized carbons (Fsp3) is 0.286. The van der Waals surface area contributed by atoms with E-state index in [0.717, 1.165) is 24.2 Å². The SMILES string of the molecule is COc1ccccc1C1(C(=O)n2cccn2)CC1. The van der Waals surface area contributed by atoms with Gasteiger partial charge in [-0.2, -0.15) is 5.10 Å². The van der Waals surface area contributed by atoms with Crippen molar-refractivity contribution in [2.75, 3.05) is 7.11 Å². The highest BCUT2D eigenvalue weighted by Crippen LogP contribution is 2.52. The van der Waals surface area contributed by atoms with E-state index >= 15 is 0 Å². The Kier molecular flexibility index (Phi) is 2.44. The minimum absolute atomic E-state index is 0.0250. The fourth-order valence-corrected chi connectivity index (χ4v) is 2.37. The first kappa shape index (κ1) is 11.0. The Labute approximate surface area is 105 Å². The summed E-state index contributed by atoms with van der Waals surface area (Å²) in [5.74, 6) is 0.799. The van der Waals surface area contributed by atoms with Crippen molar-refractivity contribution < 1.29 is 9.53 Å². The molecule has 2 aromatic rings. The van der Waals surface area contributed by atoms with E-state index in [-0.39, 0.29) is 5.91 Å². The number of methoxy groups -OCH3 is 1. The van der Waals surface area contributed by atoms with Crippen molar-refractivity contribution in [3.63, 3.8) is 0 Å². The number of aromatic nitrogens is 2. The number of para-hydroxylation sites is 1. The van der Waals surface area contributed by atoms with Crippen molar-refractivity contribution >= 4 is 5.91 Å². The van der Waals surface area contributed by atoms with Gasteiger partial charge in [0.2, 0.25) is 0 Å². The molecule has 1 aliphatic rings. The van der Waals surface area contributed by atoms with Gasteiger partial charge >= 0.3 is 0 Å². The molecule has 0 aliphatic heterocycles. The van der Waals surface area contributed by atoms with Crippen LogP contribution in [0.15, 0.2) is 42.7 Å². The highest BCUT2D eigenvalue weighted by atomic mass is 16.5. The maximum Gasteiger partial charge on any atom is 0.257 e. The maximum absolute atomic E-state index is 12.5. The Morgan fingerprint density at radius 2 is 2.11 bits per heavy atom. The molecule has 1 aliphatic carbocycles. The predicted molar refractivity (Wildman–Crippen MR) is 66.8 cm³/mol. The van der Waals surface area contributed by atoms with Crippen LogP contribution in [-0.4, -0.2) is 22.8 Å². The molecule has 92 valence electrons. The summed E-state index contributed by atoms with van der Waals surface area (Å²) >= 11 is 0. The van der Waals surface area contributed by atoms with Gasteiger partial charge in [-0.15, -0.1) is 0 Å². The molecule has 0 unspecified atom stereocenters. The summed E-state index contributed by atoms with van der Waals surface area (Å²) in [6.45, 7) is 0. The summed E-state index contributed by atoms with van der Waals surface area (Å²) in [6.07, 6.45) is 5.02. The van der Waals surface area contributed by atoms with Gasteiger partial charge in [0.05, 0.1) is 12.5 Å². The lowest BCUT2D eigenvalue weighted by Gasteiger charge is -2.17. The average molecular weight is 242 g/mol. The van der Waals surface area contributed by atoms with E-state index in [4.69, 9.17) is 4.74 Å². The third-order valence-electron chi connectivity index (χ3n) is 3.49. The second-order valence-electron chi connectivity index (χ2n) is 4.54. The summed E-state index contributed by atoms with van der Waals surface area (Å²) < 4.78 is 6.77. The van der Waals surface area contributed by atoms with Gasteiger partial charge in [0.1, 0.15) is 5.75 Å². The van der Waals surface area contributed by atoms with E-state index < -0.39 is 5.41 Å². The number of carbonyl (C=O) groups excluding carboxylic acids is 1. The summed E-state index contributed by atoms with van der Waals surface area (Å²) in [7, 11) is 1.63. The van der Waals surface area contributed by atoms with Crippen LogP contribution in [0.2, 0.25) is 0 Å². The van der Waals surface area contributed by atoms with Crippen LogP contribution < -0.4 is 4.74 Å². The number of carbonyl (C=O) groups is 1. The van der Waals surface area contributed by atoms with Crippen molar-refractivity contribution in [2.45, 2.75) is 18.3 Å². The second-order valence-corrected chi connectivity index (χ2v) is 4.54. The Balaban J connectivity index is 2.03. The van der Waals surface area contributed by atoms with Gasteiger partial charge in [0.25, 0.3) is 5.91 Å². The Morgan fingerprint density at radius 3 is 2.72 bits per heavy atom. The zero-order chi connectivity index (χ0) is 12.6. The van der Waals surface area contributed by atoms with Crippen molar-refractivity contribution in [1.29, 1.82) is 0 Å². The van der Waals surface area contributed by atoms with Gasteiger partial charge in [-0.05, 0) is 25.0 Å². The number of rotatable bonds is 3. The van der Waals surface area contributed by atoms with Crippen LogP contribution in [0.3, 0.4) is 0 Å². The molecule has 1 aromatic heterocycles. The Bertz CT molecular complexity index is 571. The third kappa shape index (κ3) is 1.53. The molecule has 0 N–H and O–H groups in total. The van der Waals surface area contributed by atoms with Gasteiger partial charge in [0, 0.05) is 18.0 Å². The highest BCUT2D eigenvalue weighted by Gasteiger charge is 2.53. The molecular weight excluding hydrogens is 228 g/mol. The second kappa shape index (κ2) is 3.98. The molecule has 0 saturated heterocycles. The molecule has 1 aromatic carbocycles. The quantitative estimate of drug-likeness (QED) is 0.829. The van der Waals surface area contributed by atoms with Crippen LogP contribution in [0.25, 0.3) is 0 Å². The van der Waals surface area contributed by atoms with Crippen LogP contribution in [0.4, 0.5) is 0 Å². The molecular formula is C14H14N2O2. The van der Waals surface area contributed by atoms with Crippen molar-refractivity contribution in [3.05, 3.63) is 48.3 Å². The molecule has 0 spiro atoms. The Hall–Kier alpha value is -2.10. The lowest BCUT2D eigenvalue weighted by atomic mass is 9.94. The zero-order valence-electron chi connectivity index (χ0n) is 10.2. The first-order chi connectivity index (χ1) is 8.78. The molecule has 1 heterocycles. The summed E-state index contributed by atoms with van der Waals surface area (Å²) in [6, 6.07) is 9.47. The van der Waals surface area contributed by atoms with E-state index in [1.165, 1.54) is 4.68 Å². The number of benzene rings is 1. The van der Waals surface area contributed by atoms with Gasteiger partial charge in [-0.3, -0.25) is 4.79 Å².